The topological polar surface area (TPSA) is 61.4 Å². The molecule has 1 aliphatic heterocycles. The average molecular weight is 386 g/mol. The monoisotopic (exact) mass is 385 g/mol. The van der Waals surface area contributed by atoms with Crippen molar-refractivity contribution in [1.29, 1.82) is 0 Å². The van der Waals surface area contributed by atoms with Crippen LogP contribution < -0.4 is 10.6 Å². The number of hydrogen-bond donors (Lipinski definition) is 2. The molecule has 2 amide bonds. The van der Waals surface area contributed by atoms with Crippen LogP contribution in [0.3, 0.4) is 0 Å². The number of aryl methyl sites for hydroxylation is 1. The van der Waals surface area contributed by atoms with Gasteiger partial charge in [-0.2, -0.15) is 0 Å². The van der Waals surface area contributed by atoms with Crippen molar-refractivity contribution in [2.45, 2.75) is 25.8 Å². The second-order valence-corrected chi connectivity index (χ2v) is 6.63. The summed E-state index contributed by atoms with van der Waals surface area (Å²) < 4.78 is 13.7. The maximum absolute atomic E-state index is 13.4. The first-order valence-electron chi connectivity index (χ1n) is 7.60. The predicted molar refractivity (Wildman–Crippen MR) is 89.8 cm³/mol. The van der Waals surface area contributed by atoms with Gasteiger partial charge < -0.3 is 10.6 Å². The first kappa shape index (κ1) is 17.9. The summed E-state index contributed by atoms with van der Waals surface area (Å²) in [6, 6.07) is 2.94. The average Bonchev–Trinajstić information content (AvgIpc) is 2.52. The highest BCUT2D eigenvalue weighted by Crippen LogP contribution is 2.21. The number of rotatable bonds is 4. The molecule has 7 heteroatoms. The van der Waals surface area contributed by atoms with Gasteiger partial charge in [0.25, 0.3) is 5.91 Å². The Morgan fingerprint density at radius 1 is 1.35 bits per heavy atom. The molecule has 126 valence electrons. The number of nitrogens with one attached hydrogen (secondary N) is 2. The molecule has 1 aromatic carbocycles. The molecule has 0 aromatic heterocycles. The first-order chi connectivity index (χ1) is 10.9. The van der Waals surface area contributed by atoms with E-state index in [4.69, 9.17) is 0 Å². The molecule has 1 fully saturated rings. The van der Waals surface area contributed by atoms with E-state index >= 15 is 0 Å². The van der Waals surface area contributed by atoms with Gasteiger partial charge in [0, 0.05) is 31.7 Å². The third-order valence-corrected chi connectivity index (χ3v) is 4.69. The maximum atomic E-state index is 13.4. The zero-order chi connectivity index (χ0) is 17.0. The molecule has 0 atom stereocenters. The van der Waals surface area contributed by atoms with Crippen LogP contribution >= 0.6 is 15.9 Å². The van der Waals surface area contributed by atoms with Gasteiger partial charge in [0.1, 0.15) is 5.82 Å². The highest BCUT2D eigenvalue weighted by Gasteiger charge is 2.23. The number of halogens is 2. The lowest BCUT2D eigenvalue weighted by Gasteiger charge is -2.31. The van der Waals surface area contributed by atoms with Gasteiger partial charge in [-0.15, -0.1) is 0 Å². The molecule has 23 heavy (non-hydrogen) atoms. The van der Waals surface area contributed by atoms with Crippen molar-refractivity contribution in [3.05, 3.63) is 33.5 Å². The molecule has 1 aromatic rings. The zero-order valence-corrected chi connectivity index (χ0v) is 14.9. The lowest BCUT2D eigenvalue weighted by Crippen LogP contribution is -2.47. The fraction of sp³-hybridized carbons (Fsp3) is 0.500. The molecule has 0 spiro atoms. The maximum Gasteiger partial charge on any atom is 0.251 e. The minimum absolute atomic E-state index is 0.000673. The molecule has 0 radical (unpaired) electrons. The van der Waals surface area contributed by atoms with Crippen molar-refractivity contribution in [1.82, 2.24) is 15.5 Å². The molecule has 0 unspecified atom stereocenters. The number of benzene rings is 1. The van der Waals surface area contributed by atoms with E-state index in [2.05, 4.69) is 31.5 Å². The summed E-state index contributed by atoms with van der Waals surface area (Å²) in [4.78, 5) is 25.8. The third kappa shape index (κ3) is 4.75. The van der Waals surface area contributed by atoms with Gasteiger partial charge in [-0.3, -0.25) is 14.5 Å². The van der Waals surface area contributed by atoms with Crippen molar-refractivity contribution >= 4 is 27.7 Å². The van der Waals surface area contributed by atoms with Crippen LogP contribution in [0.25, 0.3) is 0 Å². The number of amides is 2. The molecule has 1 aliphatic rings. The van der Waals surface area contributed by atoms with E-state index in [0.717, 1.165) is 25.9 Å². The Hall–Kier alpha value is -1.47. The van der Waals surface area contributed by atoms with Crippen LogP contribution in [-0.4, -0.2) is 49.4 Å². The number of hydrogen-bond acceptors (Lipinski definition) is 3. The summed E-state index contributed by atoms with van der Waals surface area (Å²) in [7, 11) is 1.62. The number of nitrogens with zero attached hydrogens (tertiary/aromatic N) is 1. The van der Waals surface area contributed by atoms with Crippen LogP contribution in [0.1, 0.15) is 28.8 Å². The summed E-state index contributed by atoms with van der Waals surface area (Å²) in [5, 5.41) is 5.61. The zero-order valence-electron chi connectivity index (χ0n) is 13.3. The molecule has 0 bridgehead atoms. The van der Waals surface area contributed by atoms with Crippen molar-refractivity contribution < 1.29 is 14.0 Å². The van der Waals surface area contributed by atoms with Gasteiger partial charge in [-0.25, -0.2) is 4.39 Å². The lowest BCUT2D eigenvalue weighted by atomic mass is 10.0. The third-order valence-electron chi connectivity index (χ3n) is 4.08. The van der Waals surface area contributed by atoms with Gasteiger partial charge in [0.05, 0.1) is 11.0 Å². The summed E-state index contributed by atoms with van der Waals surface area (Å²) in [6.07, 6.45) is 1.59. The number of likely N-dealkylation sites (N-methyl/N-ethyl adjacent to an activating group) is 1. The van der Waals surface area contributed by atoms with E-state index in [-0.39, 0.29) is 28.1 Å². The van der Waals surface area contributed by atoms with Crippen molar-refractivity contribution in [3.8, 4) is 0 Å². The molecule has 0 saturated carbocycles. The molecule has 2 N–H and O–H groups in total. The molecular formula is C16H21BrFN3O2. The SMILES string of the molecule is CNC(=O)CN1CCC(NC(=O)c2cc(Br)c(F)cc2C)CC1. The van der Waals surface area contributed by atoms with Crippen LogP contribution in [0, 0.1) is 12.7 Å². The smallest absolute Gasteiger partial charge is 0.251 e. The standard InChI is InChI=1S/C16H21BrFN3O2/c1-10-7-14(18)13(17)8-12(10)16(23)20-11-3-5-21(6-4-11)9-15(22)19-2/h7-8,11H,3-6,9H2,1-2H3,(H,19,22)(H,20,23). The van der Waals surface area contributed by atoms with Crippen LogP contribution in [0.15, 0.2) is 16.6 Å². The fourth-order valence-electron chi connectivity index (χ4n) is 2.67. The number of likely N-dealkylation sites (tertiary alicyclic amines) is 1. The molecule has 0 aliphatic carbocycles. The molecule has 1 heterocycles. The number of carbonyl (C=O) groups is 2. The van der Waals surface area contributed by atoms with Crippen LogP contribution in [-0.2, 0) is 4.79 Å². The largest absolute Gasteiger partial charge is 0.358 e. The van der Waals surface area contributed by atoms with Gasteiger partial charge in [0.2, 0.25) is 5.91 Å². The highest BCUT2D eigenvalue weighted by atomic mass is 79.9. The molecule has 2 rings (SSSR count). The summed E-state index contributed by atoms with van der Waals surface area (Å²) in [5.74, 6) is -0.561. The van der Waals surface area contributed by atoms with Gasteiger partial charge in [0.15, 0.2) is 0 Å². The van der Waals surface area contributed by atoms with E-state index in [9.17, 15) is 14.0 Å². The van der Waals surface area contributed by atoms with Gasteiger partial charge >= 0.3 is 0 Å². The Bertz CT molecular complexity index is 601. The van der Waals surface area contributed by atoms with E-state index in [1.54, 1.807) is 14.0 Å². The molecular weight excluding hydrogens is 365 g/mol. The summed E-state index contributed by atoms with van der Waals surface area (Å²) in [5.41, 5.74) is 1.09. The van der Waals surface area contributed by atoms with Crippen LogP contribution in [0.4, 0.5) is 4.39 Å². The van der Waals surface area contributed by atoms with Gasteiger partial charge in [-0.1, -0.05) is 0 Å². The predicted octanol–water partition coefficient (Wildman–Crippen LogP) is 1.84. The minimum atomic E-state index is -0.374. The van der Waals surface area contributed by atoms with E-state index in [0.29, 0.717) is 17.7 Å². The van der Waals surface area contributed by atoms with E-state index in [1.165, 1.54) is 12.1 Å². The minimum Gasteiger partial charge on any atom is -0.358 e. The second kappa shape index (κ2) is 7.88. The fourth-order valence-corrected chi connectivity index (χ4v) is 3.01. The highest BCUT2D eigenvalue weighted by molar-refractivity contribution is 9.10. The molecule has 5 nitrogen and oxygen atoms in total. The Labute approximate surface area is 143 Å². The Morgan fingerprint density at radius 2 is 2.00 bits per heavy atom. The summed E-state index contributed by atoms with van der Waals surface area (Å²) in [6.45, 7) is 3.65. The van der Waals surface area contributed by atoms with Crippen LogP contribution in [0.2, 0.25) is 0 Å². The van der Waals surface area contributed by atoms with Crippen LogP contribution in [0.5, 0.6) is 0 Å². The van der Waals surface area contributed by atoms with E-state index in [1.807, 2.05) is 0 Å². The van der Waals surface area contributed by atoms with Gasteiger partial charge in [-0.05, 0) is 53.4 Å². The van der Waals surface area contributed by atoms with Crippen molar-refractivity contribution in [2.24, 2.45) is 0 Å². The second-order valence-electron chi connectivity index (χ2n) is 5.78. The Balaban J connectivity index is 1.90. The molecule has 1 saturated heterocycles. The lowest BCUT2D eigenvalue weighted by molar-refractivity contribution is -0.122. The van der Waals surface area contributed by atoms with Crippen molar-refractivity contribution in [3.63, 3.8) is 0 Å². The quantitative estimate of drug-likeness (QED) is 0.830. The number of piperidine rings is 1. The normalized spacial score (nSPS) is 16.2. The Morgan fingerprint density at radius 3 is 2.61 bits per heavy atom. The Kier molecular flexibility index (Phi) is 6.12. The first-order valence-corrected chi connectivity index (χ1v) is 8.39. The van der Waals surface area contributed by atoms with E-state index < -0.39 is 0 Å². The summed E-state index contributed by atoms with van der Waals surface area (Å²) >= 11 is 3.11. The van der Waals surface area contributed by atoms with Crippen molar-refractivity contribution in [2.75, 3.05) is 26.7 Å². The number of carbonyl (C=O) groups excluding carboxylic acids is 2.